The van der Waals surface area contributed by atoms with E-state index < -0.39 is 5.97 Å². The molecule has 2 aromatic carbocycles. The molecule has 0 aliphatic rings. The van der Waals surface area contributed by atoms with Crippen molar-refractivity contribution in [2.45, 2.75) is 6.42 Å². The lowest BCUT2D eigenvalue weighted by Gasteiger charge is -1.98. The molecule has 6 heteroatoms. The van der Waals surface area contributed by atoms with Gasteiger partial charge in [-0.1, -0.05) is 30.3 Å². The Balaban J connectivity index is 2.06. The molecule has 22 heavy (non-hydrogen) atoms. The van der Waals surface area contributed by atoms with Gasteiger partial charge in [0.1, 0.15) is 11.4 Å². The topological polar surface area (TPSA) is 98.0 Å². The van der Waals surface area contributed by atoms with Crippen LogP contribution in [0.1, 0.15) is 5.56 Å². The van der Waals surface area contributed by atoms with Gasteiger partial charge >= 0.3 is 5.97 Å². The van der Waals surface area contributed by atoms with Crippen molar-refractivity contribution >= 4 is 28.4 Å². The summed E-state index contributed by atoms with van der Waals surface area (Å²) in [6, 6.07) is 13.9. The van der Waals surface area contributed by atoms with Crippen LogP contribution in [0.15, 0.2) is 58.8 Å². The van der Waals surface area contributed by atoms with Crippen LogP contribution in [0.2, 0.25) is 0 Å². The second kappa shape index (κ2) is 5.69. The van der Waals surface area contributed by atoms with Gasteiger partial charge < -0.3 is 15.2 Å². The van der Waals surface area contributed by atoms with E-state index in [0.29, 0.717) is 17.1 Å². The number of aliphatic carboxylic acids is 1. The largest absolute Gasteiger partial charge is 0.506 e. The van der Waals surface area contributed by atoms with Crippen molar-refractivity contribution in [3.05, 3.63) is 54.1 Å². The first-order chi connectivity index (χ1) is 10.6. The maximum Gasteiger partial charge on any atom is 0.307 e. The second-order valence-electron chi connectivity index (χ2n) is 4.76. The van der Waals surface area contributed by atoms with Crippen LogP contribution < -0.4 is 0 Å². The number of nitrogens with one attached hydrogen (secondary N) is 1. The highest BCUT2D eigenvalue weighted by molar-refractivity contribution is 5.91. The minimum absolute atomic E-state index is 0.0159. The number of H-pyrrole nitrogens is 1. The Hall–Kier alpha value is -3.15. The molecule has 3 rings (SSSR count). The van der Waals surface area contributed by atoms with Crippen molar-refractivity contribution in [1.29, 1.82) is 0 Å². The number of aromatic hydroxyl groups is 1. The SMILES string of the molecule is O=C(O)Cc1c(N=Nc2ccccc2O)[nH]c2ccccc12. The van der Waals surface area contributed by atoms with Crippen LogP contribution in [0.5, 0.6) is 5.75 Å². The normalized spacial score (nSPS) is 11.3. The smallest absolute Gasteiger partial charge is 0.307 e. The molecule has 0 atom stereocenters. The van der Waals surface area contributed by atoms with Gasteiger partial charge in [0.05, 0.1) is 6.42 Å². The van der Waals surface area contributed by atoms with Crippen molar-refractivity contribution in [3.8, 4) is 5.75 Å². The molecular formula is C16H13N3O3. The fourth-order valence-corrected chi connectivity index (χ4v) is 2.25. The van der Waals surface area contributed by atoms with E-state index in [1.165, 1.54) is 6.07 Å². The minimum atomic E-state index is -0.941. The molecule has 0 spiro atoms. The van der Waals surface area contributed by atoms with Gasteiger partial charge in [-0.25, -0.2) is 0 Å². The maximum absolute atomic E-state index is 11.1. The van der Waals surface area contributed by atoms with Crippen molar-refractivity contribution < 1.29 is 15.0 Å². The summed E-state index contributed by atoms with van der Waals surface area (Å²) in [4.78, 5) is 14.1. The van der Waals surface area contributed by atoms with E-state index in [1.807, 2.05) is 24.3 Å². The van der Waals surface area contributed by atoms with E-state index in [-0.39, 0.29) is 12.2 Å². The quantitative estimate of drug-likeness (QED) is 0.636. The predicted octanol–water partition coefficient (Wildman–Crippen LogP) is 3.92. The molecule has 0 amide bonds. The van der Waals surface area contributed by atoms with Crippen LogP contribution in [0, 0.1) is 0 Å². The van der Waals surface area contributed by atoms with Crippen molar-refractivity contribution in [3.63, 3.8) is 0 Å². The lowest BCUT2D eigenvalue weighted by atomic mass is 10.1. The number of rotatable bonds is 4. The number of phenolic OH excluding ortho intramolecular Hbond substituents is 1. The number of nitrogens with zero attached hydrogens (tertiary/aromatic N) is 2. The summed E-state index contributed by atoms with van der Waals surface area (Å²) in [6.07, 6.45) is -0.154. The van der Waals surface area contributed by atoms with E-state index in [2.05, 4.69) is 15.2 Å². The first-order valence-electron chi connectivity index (χ1n) is 6.66. The molecule has 0 aliphatic heterocycles. The zero-order valence-electron chi connectivity index (χ0n) is 11.5. The Morgan fingerprint density at radius 1 is 1.05 bits per heavy atom. The van der Waals surface area contributed by atoms with Gasteiger partial charge in [0, 0.05) is 16.5 Å². The molecule has 0 aliphatic carbocycles. The molecule has 0 saturated carbocycles. The third-order valence-electron chi connectivity index (χ3n) is 3.26. The summed E-state index contributed by atoms with van der Waals surface area (Å²) < 4.78 is 0. The number of azo groups is 1. The zero-order chi connectivity index (χ0) is 15.5. The molecule has 3 aromatic rings. The number of hydrogen-bond donors (Lipinski definition) is 3. The molecule has 0 saturated heterocycles. The lowest BCUT2D eigenvalue weighted by Crippen LogP contribution is -1.99. The first kappa shape index (κ1) is 13.8. The summed E-state index contributed by atoms with van der Waals surface area (Å²) in [6.45, 7) is 0. The predicted molar refractivity (Wildman–Crippen MR) is 81.9 cm³/mol. The number of hydrogen-bond acceptors (Lipinski definition) is 4. The van der Waals surface area contributed by atoms with Gasteiger partial charge in [-0.3, -0.25) is 4.79 Å². The van der Waals surface area contributed by atoms with E-state index in [1.54, 1.807) is 18.2 Å². The Bertz CT molecular complexity index is 868. The zero-order valence-corrected chi connectivity index (χ0v) is 11.5. The highest BCUT2D eigenvalue weighted by Gasteiger charge is 2.14. The molecule has 1 heterocycles. The van der Waals surface area contributed by atoms with Crippen LogP contribution in [-0.4, -0.2) is 21.2 Å². The monoisotopic (exact) mass is 295 g/mol. The number of benzene rings is 2. The lowest BCUT2D eigenvalue weighted by molar-refractivity contribution is -0.136. The summed E-state index contributed by atoms with van der Waals surface area (Å²) >= 11 is 0. The van der Waals surface area contributed by atoms with Crippen molar-refractivity contribution in [2.24, 2.45) is 10.2 Å². The number of carboxylic acids is 1. The van der Waals surface area contributed by atoms with E-state index in [9.17, 15) is 9.90 Å². The minimum Gasteiger partial charge on any atom is -0.506 e. The van der Waals surface area contributed by atoms with E-state index >= 15 is 0 Å². The van der Waals surface area contributed by atoms with Gasteiger partial charge in [0.2, 0.25) is 0 Å². The Morgan fingerprint density at radius 2 is 1.77 bits per heavy atom. The summed E-state index contributed by atoms with van der Waals surface area (Å²) in [5.74, 6) is -0.544. The fraction of sp³-hybridized carbons (Fsp3) is 0.0625. The van der Waals surface area contributed by atoms with Gasteiger partial charge in [-0.15, -0.1) is 10.2 Å². The summed E-state index contributed by atoms with van der Waals surface area (Å²) in [5, 5.41) is 27.6. The van der Waals surface area contributed by atoms with Gasteiger partial charge in [0.25, 0.3) is 0 Å². The fourth-order valence-electron chi connectivity index (χ4n) is 2.25. The molecule has 6 nitrogen and oxygen atoms in total. The molecule has 1 aromatic heterocycles. The van der Waals surface area contributed by atoms with Gasteiger partial charge in [0.15, 0.2) is 5.82 Å². The summed E-state index contributed by atoms with van der Waals surface area (Å²) in [7, 11) is 0. The number of aromatic nitrogens is 1. The first-order valence-corrected chi connectivity index (χ1v) is 6.66. The molecule has 0 unspecified atom stereocenters. The average molecular weight is 295 g/mol. The Morgan fingerprint density at radius 3 is 2.55 bits per heavy atom. The number of aromatic amines is 1. The second-order valence-corrected chi connectivity index (χ2v) is 4.76. The molecule has 3 N–H and O–H groups in total. The third-order valence-corrected chi connectivity index (χ3v) is 3.26. The molecule has 0 fully saturated rings. The number of carbonyl (C=O) groups is 1. The third kappa shape index (κ3) is 2.67. The average Bonchev–Trinajstić information content (AvgIpc) is 2.84. The van der Waals surface area contributed by atoms with Crippen LogP contribution in [0.3, 0.4) is 0 Å². The van der Waals surface area contributed by atoms with Crippen molar-refractivity contribution in [2.75, 3.05) is 0 Å². The van der Waals surface area contributed by atoms with Crippen LogP contribution in [0.25, 0.3) is 10.9 Å². The van der Waals surface area contributed by atoms with Crippen LogP contribution in [0.4, 0.5) is 11.5 Å². The maximum atomic E-state index is 11.1. The molecule has 110 valence electrons. The molecule has 0 bridgehead atoms. The van der Waals surface area contributed by atoms with E-state index in [0.717, 1.165) is 10.9 Å². The number of carboxylic acid groups (broad SMARTS) is 1. The highest BCUT2D eigenvalue weighted by atomic mass is 16.4. The van der Waals surface area contributed by atoms with Crippen LogP contribution >= 0.6 is 0 Å². The number of para-hydroxylation sites is 2. The van der Waals surface area contributed by atoms with Crippen LogP contribution in [-0.2, 0) is 11.2 Å². The van der Waals surface area contributed by atoms with Crippen molar-refractivity contribution in [1.82, 2.24) is 4.98 Å². The Kier molecular flexibility index (Phi) is 3.57. The number of phenols is 1. The van der Waals surface area contributed by atoms with E-state index in [4.69, 9.17) is 5.11 Å². The summed E-state index contributed by atoms with van der Waals surface area (Å²) in [5.41, 5.74) is 1.69. The van der Waals surface area contributed by atoms with Gasteiger partial charge in [-0.2, -0.15) is 0 Å². The van der Waals surface area contributed by atoms with Gasteiger partial charge in [-0.05, 0) is 18.2 Å². The number of fused-ring (bicyclic) bond motifs is 1. The molecule has 0 radical (unpaired) electrons. The Labute approximate surface area is 125 Å². The highest BCUT2D eigenvalue weighted by Crippen LogP contribution is 2.32. The molecular weight excluding hydrogens is 282 g/mol. The standard InChI is InChI=1S/C16H13N3O3/c20-14-8-4-3-7-13(14)18-19-16-11(9-15(21)22)10-5-1-2-6-12(10)17-16/h1-8,17,20H,9H2,(H,21,22).